The van der Waals surface area contributed by atoms with Crippen molar-refractivity contribution in [2.45, 2.75) is 0 Å². The molecule has 0 saturated carbocycles. The van der Waals surface area contributed by atoms with Crippen molar-refractivity contribution in [1.29, 1.82) is 5.26 Å². The summed E-state index contributed by atoms with van der Waals surface area (Å²) in [7, 11) is 1.27. The maximum atomic E-state index is 11.6. The van der Waals surface area contributed by atoms with Gasteiger partial charge in [0.05, 0.1) is 12.7 Å². The zero-order valence-electron chi connectivity index (χ0n) is 8.97. The van der Waals surface area contributed by atoms with Crippen molar-refractivity contribution in [3.8, 4) is 17.6 Å². The third-order valence-corrected chi connectivity index (χ3v) is 1.90. The van der Waals surface area contributed by atoms with E-state index in [1.165, 1.54) is 19.2 Å². The van der Waals surface area contributed by atoms with Crippen LogP contribution in [0, 0.1) is 11.3 Å². The summed E-state index contributed by atoms with van der Waals surface area (Å²) in [5.41, 5.74) is 9.97. The van der Waals surface area contributed by atoms with Gasteiger partial charge in [-0.1, -0.05) is 0 Å². The number of aliphatic imine (C=N–C) groups is 1. The first kappa shape index (κ1) is 12.3. The summed E-state index contributed by atoms with van der Waals surface area (Å²) in [4.78, 5) is 14.9. The highest BCUT2D eigenvalue weighted by molar-refractivity contribution is 6.06. The first-order chi connectivity index (χ1) is 8.01. The molecule has 1 amide bonds. The van der Waals surface area contributed by atoms with Crippen molar-refractivity contribution >= 4 is 11.9 Å². The lowest BCUT2D eigenvalue weighted by Gasteiger charge is -2.08. The Morgan fingerprint density at radius 3 is 2.65 bits per heavy atom. The maximum Gasteiger partial charge on any atom is 0.287 e. The fourth-order valence-corrected chi connectivity index (χ4v) is 1.25. The Balaban J connectivity index is 3.46. The molecule has 1 aromatic rings. The quantitative estimate of drug-likeness (QED) is 0.474. The summed E-state index contributed by atoms with van der Waals surface area (Å²) < 4.78 is 4.90. The lowest BCUT2D eigenvalue weighted by atomic mass is 10.1. The Kier molecular flexibility index (Phi) is 3.51. The zero-order valence-corrected chi connectivity index (χ0v) is 8.97. The number of nitrogens with zero attached hydrogens (tertiary/aromatic N) is 2. The summed E-state index contributed by atoms with van der Waals surface area (Å²) in [5, 5.41) is 18.4. The van der Waals surface area contributed by atoms with E-state index in [1.807, 2.05) is 6.07 Å². The average molecular weight is 234 g/mol. The number of nitrogens with two attached hydrogens (primary N) is 2. The Bertz CT molecular complexity index is 527. The molecule has 0 aromatic heterocycles. The number of ether oxygens (including phenoxy) is 1. The molecule has 0 spiro atoms. The topological polar surface area (TPSA) is 135 Å². The first-order valence-electron chi connectivity index (χ1n) is 4.45. The summed E-state index contributed by atoms with van der Waals surface area (Å²) in [6.07, 6.45) is 0. The number of hydrogen-bond donors (Lipinski definition) is 3. The highest BCUT2D eigenvalue weighted by atomic mass is 16.5. The molecule has 0 saturated heterocycles. The second-order valence-electron chi connectivity index (χ2n) is 2.99. The SMILES string of the molecule is COc1c(C#N)ccc(O)c1C(=O)N=C(N)N. The van der Waals surface area contributed by atoms with Crippen molar-refractivity contribution in [3.63, 3.8) is 0 Å². The zero-order chi connectivity index (χ0) is 13.0. The van der Waals surface area contributed by atoms with Gasteiger partial charge in [-0.15, -0.1) is 0 Å². The molecule has 0 atom stereocenters. The smallest absolute Gasteiger partial charge is 0.287 e. The Hall–Kier alpha value is -2.75. The van der Waals surface area contributed by atoms with Gasteiger partial charge < -0.3 is 21.3 Å². The highest BCUT2D eigenvalue weighted by Crippen LogP contribution is 2.31. The van der Waals surface area contributed by atoms with E-state index in [1.54, 1.807) is 0 Å². The molecule has 0 aliphatic rings. The second kappa shape index (κ2) is 4.85. The molecule has 7 heteroatoms. The number of phenolic OH excluding ortho intramolecular Hbond substituents is 1. The molecule has 88 valence electrons. The number of methoxy groups -OCH3 is 1. The number of nitriles is 1. The van der Waals surface area contributed by atoms with E-state index in [0.717, 1.165) is 0 Å². The number of rotatable bonds is 2. The molecular weight excluding hydrogens is 224 g/mol. The number of phenols is 1. The standard InChI is InChI=1S/C10H10N4O3/c1-17-8-5(4-11)2-3-6(15)7(8)9(16)14-10(12)13/h2-3,15H,1H3,(H4,12,13,14,16). The monoisotopic (exact) mass is 234 g/mol. The number of hydrogen-bond acceptors (Lipinski definition) is 4. The number of aromatic hydroxyl groups is 1. The molecular formula is C10H10N4O3. The van der Waals surface area contributed by atoms with E-state index in [9.17, 15) is 9.90 Å². The summed E-state index contributed by atoms with van der Waals surface area (Å²) in [6, 6.07) is 4.33. The number of carbonyl (C=O) groups excluding carboxylic acids is 1. The fraction of sp³-hybridized carbons (Fsp3) is 0.100. The van der Waals surface area contributed by atoms with Crippen LogP contribution in [0.15, 0.2) is 17.1 Å². The molecule has 0 aliphatic carbocycles. The van der Waals surface area contributed by atoms with Crippen LogP contribution >= 0.6 is 0 Å². The second-order valence-corrected chi connectivity index (χ2v) is 2.99. The molecule has 7 nitrogen and oxygen atoms in total. The number of carbonyl (C=O) groups is 1. The Morgan fingerprint density at radius 2 is 2.18 bits per heavy atom. The van der Waals surface area contributed by atoms with Crippen LogP contribution in [0.1, 0.15) is 15.9 Å². The van der Waals surface area contributed by atoms with Crippen LogP contribution < -0.4 is 16.2 Å². The minimum Gasteiger partial charge on any atom is -0.507 e. The van der Waals surface area contributed by atoms with Crippen LogP contribution in [0.4, 0.5) is 0 Å². The Labute approximate surface area is 96.9 Å². The maximum absolute atomic E-state index is 11.6. The Morgan fingerprint density at radius 1 is 1.53 bits per heavy atom. The summed E-state index contributed by atoms with van der Waals surface area (Å²) >= 11 is 0. The molecule has 1 rings (SSSR count). The van der Waals surface area contributed by atoms with Crippen LogP contribution in [-0.2, 0) is 0 Å². The van der Waals surface area contributed by atoms with E-state index in [4.69, 9.17) is 21.5 Å². The number of benzene rings is 1. The fourth-order valence-electron chi connectivity index (χ4n) is 1.25. The molecule has 0 aliphatic heterocycles. The molecule has 0 unspecified atom stereocenters. The lowest BCUT2D eigenvalue weighted by molar-refractivity contribution is 0.0997. The van der Waals surface area contributed by atoms with Crippen molar-refractivity contribution < 1.29 is 14.6 Å². The number of guanidine groups is 1. The van der Waals surface area contributed by atoms with Crippen molar-refractivity contribution in [2.24, 2.45) is 16.5 Å². The van der Waals surface area contributed by atoms with Gasteiger partial charge in [-0.25, -0.2) is 0 Å². The third kappa shape index (κ3) is 2.43. The van der Waals surface area contributed by atoms with E-state index < -0.39 is 11.9 Å². The van der Waals surface area contributed by atoms with E-state index >= 15 is 0 Å². The van der Waals surface area contributed by atoms with Crippen molar-refractivity contribution in [1.82, 2.24) is 0 Å². The van der Waals surface area contributed by atoms with Crippen LogP contribution in [-0.4, -0.2) is 24.1 Å². The van der Waals surface area contributed by atoms with Gasteiger partial charge in [-0.05, 0) is 12.1 Å². The molecule has 5 N–H and O–H groups in total. The molecule has 0 bridgehead atoms. The molecule has 0 radical (unpaired) electrons. The van der Waals surface area contributed by atoms with Gasteiger partial charge in [0.1, 0.15) is 17.4 Å². The van der Waals surface area contributed by atoms with Crippen LogP contribution in [0.25, 0.3) is 0 Å². The van der Waals surface area contributed by atoms with Crippen LogP contribution in [0.2, 0.25) is 0 Å². The molecule has 0 fully saturated rings. The largest absolute Gasteiger partial charge is 0.507 e. The molecule has 1 aromatic carbocycles. The normalized spacial score (nSPS) is 9.18. The summed E-state index contributed by atoms with van der Waals surface area (Å²) in [6.45, 7) is 0. The van der Waals surface area contributed by atoms with E-state index in [-0.39, 0.29) is 22.6 Å². The van der Waals surface area contributed by atoms with Gasteiger partial charge >= 0.3 is 0 Å². The molecule has 0 heterocycles. The van der Waals surface area contributed by atoms with E-state index in [2.05, 4.69) is 4.99 Å². The van der Waals surface area contributed by atoms with Gasteiger partial charge in [-0.3, -0.25) is 4.79 Å². The minimum absolute atomic E-state index is 0.0671. The molecule has 17 heavy (non-hydrogen) atoms. The number of amides is 1. The lowest BCUT2D eigenvalue weighted by Crippen LogP contribution is -2.24. The average Bonchev–Trinajstić information content (AvgIpc) is 2.27. The van der Waals surface area contributed by atoms with Crippen molar-refractivity contribution in [3.05, 3.63) is 23.3 Å². The van der Waals surface area contributed by atoms with E-state index in [0.29, 0.717) is 0 Å². The van der Waals surface area contributed by atoms with Gasteiger partial charge in [0.25, 0.3) is 5.91 Å². The summed E-state index contributed by atoms with van der Waals surface area (Å²) in [5.74, 6) is -1.76. The predicted molar refractivity (Wildman–Crippen MR) is 59.5 cm³/mol. The first-order valence-corrected chi connectivity index (χ1v) is 4.45. The van der Waals surface area contributed by atoms with Gasteiger partial charge in [0, 0.05) is 0 Å². The van der Waals surface area contributed by atoms with Gasteiger partial charge in [0.15, 0.2) is 11.7 Å². The van der Waals surface area contributed by atoms with Crippen LogP contribution in [0.5, 0.6) is 11.5 Å². The van der Waals surface area contributed by atoms with Crippen LogP contribution in [0.3, 0.4) is 0 Å². The minimum atomic E-state index is -0.878. The highest BCUT2D eigenvalue weighted by Gasteiger charge is 2.20. The van der Waals surface area contributed by atoms with Crippen molar-refractivity contribution in [2.75, 3.05) is 7.11 Å². The predicted octanol–water partition coefficient (Wildman–Crippen LogP) is -0.314. The van der Waals surface area contributed by atoms with Gasteiger partial charge in [0.2, 0.25) is 0 Å². The third-order valence-electron chi connectivity index (χ3n) is 1.90. The van der Waals surface area contributed by atoms with Gasteiger partial charge in [-0.2, -0.15) is 10.3 Å².